The highest BCUT2D eigenvalue weighted by atomic mass is 16.6. The van der Waals surface area contributed by atoms with Gasteiger partial charge in [0.1, 0.15) is 19.0 Å². The molecule has 1 aromatic rings. The van der Waals surface area contributed by atoms with Crippen molar-refractivity contribution < 1.29 is 52.1 Å². The van der Waals surface area contributed by atoms with Crippen LogP contribution in [0.3, 0.4) is 0 Å². The number of anilines is 1. The molecule has 41 heavy (non-hydrogen) atoms. The van der Waals surface area contributed by atoms with Gasteiger partial charge in [0.2, 0.25) is 0 Å². The maximum Gasteiger partial charge on any atom is 0.142 e. The van der Waals surface area contributed by atoms with Crippen LogP contribution in [-0.4, -0.2) is 139 Å². The van der Waals surface area contributed by atoms with Crippen LogP contribution in [0.2, 0.25) is 0 Å². The summed E-state index contributed by atoms with van der Waals surface area (Å²) in [7, 11) is 0. The zero-order valence-electron chi connectivity index (χ0n) is 24.3. The highest BCUT2D eigenvalue weighted by molar-refractivity contribution is 5.51. The van der Waals surface area contributed by atoms with Gasteiger partial charge in [-0.05, 0) is 12.1 Å². The predicted octanol–water partition coefficient (Wildman–Crippen LogP) is 1.45. The lowest BCUT2D eigenvalue weighted by Crippen LogP contribution is -2.15. The first-order chi connectivity index (χ1) is 20.3. The molecular formula is C29H49NO11. The summed E-state index contributed by atoms with van der Waals surface area (Å²) < 4.78 is 59.6. The molecule has 0 atom stereocenters. The number of hydrogen-bond acceptors (Lipinski definition) is 12. The number of hydrogen-bond donors (Lipinski definition) is 1. The van der Waals surface area contributed by atoms with Gasteiger partial charge in [-0.15, -0.1) is 6.42 Å². The van der Waals surface area contributed by atoms with E-state index in [4.69, 9.17) is 64.3 Å². The largest absolute Gasteiger partial charge is 0.489 e. The molecule has 1 rings (SSSR count). The molecule has 236 valence electrons. The fraction of sp³-hybridized carbons (Fsp3) is 0.724. The average Bonchev–Trinajstić information content (AvgIpc) is 2.98. The molecule has 0 aliphatic rings. The van der Waals surface area contributed by atoms with E-state index in [9.17, 15) is 0 Å². The minimum Gasteiger partial charge on any atom is -0.489 e. The lowest BCUT2D eigenvalue weighted by molar-refractivity contribution is -0.0264. The number of rotatable bonds is 32. The van der Waals surface area contributed by atoms with Crippen LogP contribution in [0.5, 0.6) is 5.75 Å². The summed E-state index contributed by atoms with van der Waals surface area (Å²) >= 11 is 0. The highest BCUT2D eigenvalue weighted by Gasteiger charge is 1.99. The van der Waals surface area contributed by atoms with Gasteiger partial charge in [-0.3, -0.25) is 0 Å². The molecule has 1 aromatic carbocycles. The molecule has 0 aromatic heterocycles. The van der Waals surface area contributed by atoms with Gasteiger partial charge in [-0.2, -0.15) is 0 Å². The van der Waals surface area contributed by atoms with E-state index in [1.54, 1.807) is 6.07 Å². The monoisotopic (exact) mass is 587 g/mol. The summed E-state index contributed by atoms with van der Waals surface area (Å²) in [5, 5.41) is 0. The van der Waals surface area contributed by atoms with Crippen molar-refractivity contribution in [3.63, 3.8) is 0 Å². The number of benzene rings is 1. The van der Waals surface area contributed by atoms with Gasteiger partial charge < -0.3 is 57.8 Å². The smallest absolute Gasteiger partial charge is 0.142 e. The van der Waals surface area contributed by atoms with Crippen molar-refractivity contribution in [2.24, 2.45) is 0 Å². The van der Waals surface area contributed by atoms with E-state index in [0.717, 1.165) is 0 Å². The van der Waals surface area contributed by atoms with Crippen LogP contribution in [0.4, 0.5) is 5.69 Å². The topological polar surface area (TPSA) is 128 Å². The Morgan fingerprint density at radius 3 is 1.05 bits per heavy atom. The van der Waals surface area contributed by atoms with Gasteiger partial charge >= 0.3 is 0 Å². The second kappa shape index (κ2) is 30.9. The molecule has 0 bridgehead atoms. The summed E-state index contributed by atoms with van der Waals surface area (Å²) in [4.78, 5) is 0. The SMILES string of the molecule is C#CCOCCOCCOCCOCCOCCOCCOCCOCCOCCOCCOc1ccccc1N. The lowest BCUT2D eigenvalue weighted by atomic mass is 10.3. The first kappa shape index (κ1) is 37.0. The van der Waals surface area contributed by atoms with Gasteiger partial charge in [0.15, 0.2) is 0 Å². The molecule has 0 saturated carbocycles. The van der Waals surface area contributed by atoms with Crippen LogP contribution in [0, 0.1) is 12.3 Å². The Morgan fingerprint density at radius 2 is 0.732 bits per heavy atom. The molecule has 0 unspecified atom stereocenters. The van der Waals surface area contributed by atoms with E-state index in [-0.39, 0.29) is 0 Å². The third kappa shape index (κ3) is 26.6. The fourth-order valence-corrected chi connectivity index (χ4v) is 2.93. The fourth-order valence-electron chi connectivity index (χ4n) is 2.93. The van der Waals surface area contributed by atoms with Crippen LogP contribution in [0.15, 0.2) is 24.3 Å². The molecule has 0 aliphatic carbocycles. The van der Waals surface area contributed by atoms with Gasteiger partial charge in [-0.25, -0.2) is 0 Å². The van der Waals surface area contributed by atoms with E-state index in [0.29, 0.717) is 150 Å². The summed E-state index contributed by atoms with van der Waals surface area (Å²) in [5.41, 5.74) is 6.43. The second-order valence-electron chi connectivity index (χ2n) is 8.15. The average molecular weight is 588 g/mol. The Kier molecular flexibility index (Phi) is 27.9. The van der Waals surface area contributed by atoms with Crippen molar-refractivity contribution in [2.45, 2.75) is 0 Å². The molecule has 0 spiro atoms. The third-order valence-corrected chi connectivity index (χ3v) is 4.94. The summed E-state index contributed by atoms with van der Waals surface area (Å²) in [6.07, 6.45) is 5.07. The van der Waals surface area contributed by atoms with Gasteiger partial charge in [0.25, 0.3) is 0 Å². The molecule has 0 aliphatic heterocycles. The van der Waals surface area contributed by atoms with Crippen molar-refractivity contribution >= 4 is 5.69 Å². The summed E-state index contributed by atoms with van der Waals surface area (Å²) in [5.74, 6) is 3.06. The predicted molar refractivity (Wildman–Crippen MR) is 153 cm³/mol. The molecule has 12 heteroatoms. The number of nitrogen functional groups attached to an aromatic ring is 1. The minimum absolute atomic E-state index is 0.307. The second-order valence-corrected chi connectivity index (χ2v) is 8.15. The quantitative estimate of drug-likeness (QED) is 0.0745. The van der Waals surface area contributed by atoms with Crippen molar-refractivity contribution in [3.8, 4) is 18.1 Å². The normalized spacial score (nSPS) is 11.1. The van der Waals surface area contributed by atoms with Crippen molar-refractivity contribution in [2.75, 3.05) is 144 Å². The van der Waals surface area contributed by atoms with E-state index in [1.807, 2.05) is 18.2 Å². The van der Waals surface area contributed by atoms with Gasteiger partial charge in [-0.1, -0.05) is 18.1 Å². The molecule has 0 amide bonds. The molecule has 0 saturated heterocycles. The zero-order chi connectivity index (χ0) is 29.3. The Bertz CT molecular complexity index is 720. The zero-order valence-corrected chi connectivity index (χ0v) is 24.3. The third-order valence-electron chi connectivity index (χ3n) is 4.94. The highest BCUT2D eigenvalue weighted by Crippen LogP contribution is 2.19. The Balaban J connectivity index is 1.64. The van der Waals surface area contributed by atoms with E-state index < -0.39 is 0 Å². The lowest BCUT2D eigenvalue weighted by Gasteiger charge is -2.09. The molecule has 0 fully saturated rings. The van der Waals surface area contributed by atoms with Gasteiger partial charge in [0.05, 0.1) is 131 Å². The molecule has 0 heterocycles. The van der Waals surface area contributed by atoms with Crippen molar-refractivity contribution in [3.05, 3.63) is 24.3 Å². The van der Waals surface area contributed by atoms with Gasteiger partial charge in [0, 0.05) is 0 Å². The number of nitrogens with two attached hydrogens (primary N) is 1. The Hall–Kier alpha value is -2.02. The van der Waals surface area contributed by atoms with E-state index in [2.05, 4.69) is 5.92 Å². The summed E-state index contributed by atoms with van der Waals surface area (Å²) in [6, 6.07) is 7.37. The summed E-state index contributed by atoms with van der Waals surface area (Å²) in [6.45, 7) is 10.3. The van der Waals surface area contributed by atoms with Crippen LogP contribution >= 0.6 is 0 Å². The first-order valence-electron chi connectivity index (χ1n) is 14.0. The first-order valence-corrected chi connectivity index (χ1v) is 14.0. The number of terminal acetylenes is 1. The minimum atomic E-state index is 0.307. The van der Waals surface area contributed by atoms with E-state index >= 15 is 0 Å². The van der Waals surface area contributed by atoms with Crippen molar-refractivity contribution in [1.29, 1.82) is 0 Å². The van der Waals surface area contributed by atoms with Crippen LogP contribution in [0.1, 0.15) is 0 Å². The molecular weight excluding hydrogens is 538 g/mol. The van der Waals surface area contributed by atoms with Crippen LogP contribution in [-0.2, 0) is 47.4 Å². The Morgan fingerprint density at radius 1 is 0.439 bits per heavy atom. The number of ether oxygens (including phenoxy) is 11. The maximum atomic E-state index is 5.81. The van der Waals surface area contributed by atoms with Crippen LogP contribution < -0.4 is 10.5 Å². The van der Waals surface area contributed by atoms with Crippen LogP contribution in [0.25, 0.3) is 0 Å². The maximum absolute atomic E-state index is 5.81. The molecule has 0 radical (unpaired) electrons. The standard InChI is InChI=1S/C29H49NO11/c1-2-7-31-8-9-32-10-11-33-12-13-34-14-15-35-16-17-36-18-19-37-20-21-38-22-23-39-24-25-40-26-27-41-29-6-4-3-5-28(29)30/h1,3-6H,7-27,30H2. The Labute approximate surface area is 244 Å². The molecule has 2 N–H and O–H groups in total. The number of para-hydroxylation sites is 2. The molecule has 12 nitrogen and oxygen atoms in total. The van der Waals surface area contributed by atoms with Crippen molar-refractivity contribution in [1.82, 2.24) is 0 Å². The van der Waals surface area contributed by atoms with E-state index in [1.165, 1.54) is 0 Å².